The third kappa shape index (κ3) is 3.29. The minimum Gasteiger partial charge on any atom is -0.396 e. The van der Waals surface area contributed by atoms with Crippen LogP contribution < -0.4 is 5.32 Å². The zero-order chi connectivity index (χ0) is 13.9. The Labute approximate surface area is 116 Å². The van der Waals surface area contributed by atoms with Gasteiger partial charge in [-0.3, -0.25) is 4.79 Å². The van der Waals surface area contributed by atoms with Crippen LogP contribution >= 0.6 is 0 Å². The van der Waals surface area contributed by atoms with Gasteiger partial charge in [-0.2, -0.15) is 0 Å². The minimum atomic E-state index is -0.262. The molecule has 0 aromatic rings. The number of nitrogens with zero attached hydrogens (tertiary/aromatic N) is 1. The van der Waals surface area contributed by atoms with Crippen molar-refractivity contribution in [1.29, 1.82) is 0 Å². The van der Waals surface area contributed by atoms with Gasteiger partial charge < -0.3 is 15.3 Å². The molecule has 2 aliphatic heterocycles. The molecule has 110 valence electrons. The molecule has 1 amide bonds. The molecular weight excluding hydrogens is 240 g/mol. The zero-order valence-corrected chi connectivity index (χ0v) is 12.3. The van der Waals surface area contributed by atoms with Crippen molar-refractivity contribution < 1.29 is 9.90 Å². The number of amides is 1. The highest BCUT2D eigenvalue weighted by atomic mass is 16.3. The Morgan fingerprint density at radius 3 is 2.84 bits per heavy atom. The van der Waals surface area contributed by atoms with Crippen molar-refractivity contribution in [2.75, 3.05) is 32.8 Å². The maximum absolute atomic E-state index is 12.8. The van der Waals surface area contributed by atoms with Crippen LogP contribution in [0.15, 0.2) is 0 Å². The molecular formula is C15H28N2O2. The Morgan fingerprint density at radius 2 is 2.21 bits per heavy atom. The molecule has 2 heterocycles. The largest absolute Gasteiger partial charge is 0.396 e. The van der Waals surface area contributed by atoms with Crippen LogP contribution in [0.2, 0.25) is 0 Å². The van der Waals surface area contributed by atoms with Gasteiger partial charge in [0.15, 0.2) is 0 Å². The summed E-state index contributed by atoms with van der Waals surface area (Å²) in [6.45, 7) is 8.20. The van der Waals surface area contributed by atoms with Crippen molar-refractivity contribution in [3.63, 3.8) is 0 Å². The fourth-order valence-corrected chi connectivity index (χ4v) is 3.49. The smallest absolute Gasteiger partial charge is 0.228 e. The molecule has 0 aliphatic carbocycles. The van der Waals surface area contributed by atoms with Gasteiger partial charge in [0.2, 0.25) is 5.91 Å². The predicted molar refractivity (Wildman–Crippen MR) is 75.8 cm³/mol. The number of nitrogens with one attached hydrogen (secondary N) is 1. The van der Waals surface area contributed by atoms with E-state index in [0.29, 0.717) is 17.7 Å². The average molecular weight is 268 g/mol. The second-order valence-electron chi connectivity index (χ2n) is 6.68. The van der Waals surface area contributed by atoms with E-state index in [1.165, 1.54) is 6.42 Å². The van der Waals surface area contributed by atoms with E-state index in [1.54, 1.807) is 0 Å². The van der Waals surface area contributed by atoms with E-state index in [0.717, 1.165) is 45.4 Å². The summed E-state index contributed by atoms with van der Waals surface area (Å²) in [7, 11) is 0. The minimum absolute atomic E-state index is 0.239. The molecule has 2 rings (SSSR count). The summed E-state index contributed by atoms with van der Waals surface area (Å²) in [5, 5.41) is 12.4. The van der Waals surface area contributed by atoms with Gasteiger partial charge in [0, 0.05) is 25.1 Å². The van der Waals surface area contributed by atoms with E-state index in [9.17, 15) is 4.79 Å². The molecule has 19 heavy (non-hydrogen) atoms. The van der Waals surface area contributed by atoms with Gasteiger partial charge in [0.1, 0.15) is 0 Å². The second-order valence-corrected chi connectivity index (χ2v) is 6.68. The fraction of sp³-hybridized carbons (Fsp3) is 0.933. The monoisotopic (exact) mass is 268 g/mol. The van der Waals surface area contributed by atoms with Gasteiger partial charge in [-0.1, -0.05) is 13.8 Å². The molecule has 0 aromatic heterocycles. The Morgan fingerprint density at radius 1 is 1.42 bits per heavy atom. The van der Waals surface area contributed by atoms with E-state index in [-0.39, 0.29) is 12.0 Å². The number of likely N-dealkylation sites (tertiary alicyclic amines) is 1. The van der Waals surface area contributed by atoms with Crippen molar-refractivity contribution in [3.8, 4) is 0 Å². The number of aliphatic hydroxyl groups is 1. The van der Waals surface area contributed by atoms with Gasteiger partial charge in [-0.15, -0.1) is 0 Å². The lowest BCUT2D eigenvalue weighted by Crippen LogP contribution is -2.48. The number of rotatable bonds is 4. The normalized spacial score (nSPS) is 28.7. The topological polar surface area (TPSA) is 52.6 Å². The maximum atomic E-state index is 12.8. The number of carbonyl (C=O) groups is 1. The Balaban J connectivity index is 1.94. The number of piperidine rings is 1. The van der Waals surface area contributed by atoms with Crippen molar-refractivity contribution in [3.05, 3.63) is 0 Å². The molecule has 0 aromatic carbocycles. The molecule has 4 nitrogen and oxygen atoms in total. The fourth-order valence-electron chi connectivity index (χ4n) is 3.49. The second kappa shape index (κ2) is 6.23. The van der Waals surface area contributed by atoms with Crippen LogP contribution in [0, 0.1) is 17.3 Å². The van der Waals surface area contributed by atoms with E-state index in [1.807, 2.05) is 4.90 Å². The molecule has 0 saturated carbocycles. The van der Waals surface area contributed by atoms with Gasteiger partial charge in [-0.25, -0.2) is 0 Å². The molecule has 0 bridgehead atoms. The highest BCUT2D eigenvalue weighted by Gasteiger charge is 2.41. The molecule has 0 radical (unpaired) electrons. The molecule has 0 spiro atoms. The van der Waals surface area contributed by atoms with Crippen LogP contribution in [0.3, 0.4) is 0 Å². The third-order valence-electron chi connectivity index (χ3n) is 4.98. The number of hydrogen-bond donors (Lipinski definition) is 2. The summed E-state index contributed by atoms with van der Waals surface area (Å²) < 4.78 is 0. The summed E-state index contributed by atoms with van der Waals surface area (Å²) in [5.41, 5.74) is -0.262. The summed E-state index contributed by atoms with van der Waals surface area (Å²) in [6, 6.07) is 0. The van der Waals surface area contributed by atoms with E-state index in [2.05, 4.69) is 19.2 Å². The Bertz CT molecular complexity index is 311. The first kappa shape index (κ1) is 14.8. The van der Waals surface area contributed by atoms with Crippen molar-refractivity contribution in [2.24, 2.45) is 17.3 Å². The first-order valence-electron chi connectivity index (χ1n) is 7.66. The maximum Gasteiger partial charge on any atom is 0.228 e. The Hall–Kier alpha value is -0.610. The standard InChI is InChI=1S/C15H28N2O2/c1-15(2,13-4-3-7-16-10-13)14(19)17-8-5-12(11-17)6-9-18/h12-13,16,18H,3-11H2,1-2H3. The quantitative estimate of drug-likeness (QED) is 0.806. The predicted octanol–water partition coefficient (Wildman–Crippen LogP) is 1.24. The van der Waals surface area contributed by atoms with Gasteiger partial charge in [0.05, 0.1) is 0 Å². The zero-order valence-electron chi connectivity index (χ0n) is 12.3. The highest BCUT2D eigenvalue weighted by Crippen LogP contribution is 2.35. The summed E-state index contributed by atoms with van der Waals surface area (Å²) >= 11 is 0. The van der Waals surface area contributed by atoms with Crippen LogP contribution in [0.25, 0.3) is 0 Å². The van der Waals surface area contributed by atoms with Gasteiger partial charge in [0.25, 0.3) is 0 Å². The lowest BCUT2D eigenvalue weighted by Gasteiger charge is -2.38. The summed E-state index contributed by atoms with van der Waals surface area (Å²) in [6.07, 6.45) is 4.20. The third-order valence-corrected chi connectivity index (χ3v) is 4.98. The van der Waals surface area contributed by atoms with Crippen LogP contribution in [-0.2, 0) is 4.79 Å². The molecule has 4 heteroatoms. The molecule has 2 fully saturated rings. The van der Waals surface area contributed by atoms with E-state index >= 15 is 0 Å². The summed E-state index contributed by atoms with van der Waals surface area (Å²) in [4.78, 5) is 14.8. The van der Waals surface area contributed by atoms with E-state index in [4.69, 9.17) is 5.11 Å². The first-order chi connectivity index (χ1) is 9.05. The number of carbonyl (C=O) groups excluding carboxylic acids is 1. The first-order valence-corrected chi connectivity index (χ1v) is 7.66. The molecule has 2 unspecified atom stereocenters. The summed E-state index contributed by atoms with van der Waals surface area (Å²) in [5.74, 6) is 1.25. The highest BCUT2D eigenvalue weighted by molar-refractivity contribution is 5.82. The van der Waals surface area contributed by atoms with Crippen molar-refractivity contribution in [2.45, 2.75) is 39.5 Å². The van der Waals surface area contributed by atoms with Crippen LogP contribution in [0.5, 0.6) is 0 Å². The lowest BCUT2D eigenvalue weighted by atomic mass is 9.74. The van der Waals surface area contributed by atoms with Crippen molar-refractivity contribution >= 4 is 5.91 Å². The van der Waals surface area contributed by atoms with Crippen LogP contribution in [-0.4, -0.2) is 48.7 Å². The molecule has 2 N–H and O–H groups in total. The average Bonchev–Trinajstić information content (AvgIpc) is 2.88. The van der Waals surface area contributed by atoms with Crippen molar-refractivity contribution in [1.82, 2.24) is 10.2 Å². The molecule has 2 atom stereocenters. The van der Waals surface area contributed by atoms with E-state index < -0.39 is 0 Å². The van der Waals surface area contributed by atoms with Crippen LogP contribution in [0.4, 0.5) is 0 Å². The van der Waals surface area contributed by atoms with Gasteiger partial charge >= 0.3 is 0 Å². The Kier molecular flexibility index (Phi) is 4.85. The SMILES string of the molecule is CC(C)(C(=O)N1CCC(CCO)C1)C1CCCNC1. The van der Waals surface area contributed by atoms with Gasteiger partial charge in [-0.05, 0) is 50.6 Å². The lowest BCUT2D eigenvalue weighted by molar-refractivity contribution is -0.142. The molecule has 2 aliphatic rings. The number of hydrogen-bond acceptors (Lipinski definition) is 3. The molecule has 2 saturated heterocycles. The number of aliphatic hydroxyl groups excluding tert-OH is 1. The van der Waals surface area contributed by atoms with Crippen LogP contribution in [0.1, 0.15) is 39.5 Å².